The van der Waals surface area contributed by atoms with E-state index in [2.05, 4.69) is 10.6 Å². The fourth-order valence-corrected chi connectivity index (χ4v) is 2.71. The molecule has 142 valence electrons. The number of nitrogens with one attached hydrogen (secondary N) is 2. The van der Waals surface area contributed by atoms with Crippen molar-refractivity contribution in [1.82, 2.24) is 10.6 Å². The van der Waals surface area contributed by atoms with Crippen LogP contribution in [0.3, 0.4) is 0 Å². The minimum absolute atomic E-state index is 0.114. The molecule has 8 nitrogen and oxygen atoms in total. The highest BCUT2D eigenvalue weighted by molar-refractivity contribution is 5.95. The van der Waals surface area contributed by atoms with E-state index in [0.717, 1.165) is 0 Å². The third-order valence-corrected chi connectivity index (χ3v) is 3.84. The van der Waals surface area contributed by atoms with Gasteiger partial charge < -0.3 is 29.6 Å². The largest absolute Gasteiger partial charge is 0.493 e. The number of carbonyl (C=O) groups excluding carboxylic acids is 2. The van der Waals surface area contributed by atoms with E-state index in [-0.39, 0.29) is 13.2 Å². The smallest absolute Gasteiger partial charge is 0.338 e. The molecular weight excluding hydrogens is 340 g/mol. The van der Waals surface area contributed by atoms with Gasteiger partial charge in [-0.3, -0.25) is 0 Å². The van der Waals surface area contributed by atoms with Gasteiger partial charge in [-0.15, -0.1) is 0 Å². The maximum absolute atomic E-state index is 12.6. The number of amides is 2. The maximum Gasteiger partial charge on any atom is 0.338 e. The summed E-state index contributed by atoms with van der Waals surface area (Å²) in [6.07, 6.45) is 0. The van der Waals surface area contributed by atoms with Gasteiger partial charge in [0.15, 0.2) is 11.5 Å². The standard InChI is InChI=1S/C18H24N2O6/c1-5-25-16-12(7-6-8-13(16)24-4)15-14(11(2)19-18(22)20-15)17(21)26-10-9-23-3/h6-8,15H,5,9-10H2,1-4H3,(H2,19,20,22). The summed E-state index contributed by atoms with van der Waals surface area (Å²) in [5.41, 5.74) is 1.33. The van der Waals surface area contributed by atoms with Crippen LogP contribution in [0.4, 0.5) is 4.79 Å². The Morgan fingerprint density at radius 3 is 2.65 bits per heavy atom. The molecule has 0 aliphatic carbocycles. The molecule has 2 N–H and O–H groups in total. The lowest BCUT2D eigenvalue weighted by Gasteiger charge is -2.29. The van der Waals surface area contributed by atoms with Crippen molar-refractivity contribution in [3.63, 3.8) is 0 Å². The van der Waals surface area contributed by atoms with E-state index in [1.165, 1.54) is 14.2 Å². The molecule has 8 heteroatoms. The van der Waals surface area contributed by atoms with Crippen LogP contribution in [0.15, 0.2) is 29.5 Å². The van der Waals surface area contributed by atoms with Gasteiger partial charge in [0.25, 0.3) is 0 Å². The highest BCUT2D eigenvalue weighted by atomic mass is 16.6. The lowest BCUT2D eigenvalue weighted by molar-refractivity contribution is -0.140. The van der Waals surface area contributed by atoms with Crippen molar-refractivity contribution >= 4 is 12.0 Å². The Morgan fingerprint density at radius 1 is 1.23 bits per heavy atom. The molecule has 0 bridgehead atoms. The average molecular weight is 364 g/mol. The zero-order valence-electron chi connectivity index (χ0n) is 15.4. The molecule has 1 unspecified atom stereocenters. The van der Waals surface area contributed by atoms with E-state index >= 15 is 0 Å². The molecule has 1 aliphatic heterocycles. The van der Waals surface area contributed by atoms with Crippen LogP contribution in [-0.2, 0) is 14.3 Å². The third kappa shape index (κ3) is 4.26. The van der Waals surface area contributed by atoms with Gasteiger partial charge in [0.1, 0.15) is 6.61 Å². The zero-order valence-corrected chi connectivity index (χ0v) is 15.4. The monoisotopic (exact) mass is 364 g/mol. The molecule has 2 amide bonds. The lowest BCUT2D eigenvalue weighted by Crippen LogP contribution is -2.45. The van der Waals surface area contributed by atoms with E-state index in [0.29, 0.717) is 34.9 Å². The summed E-state index contributed by atoms with van der Waals surface area (Å²) < 4.78 is 21.2. The predicted molar refractivity (Wildman–Crippen MR) is 94.1 cm³/mol. The first-order valence-corrected chi connectivity index (χ1v) is 8.27. The Kier molecular flexibility index (Phi) is 6.85. The SMILES string of the molecule is CCOc1c(OC)cccc1C1NC(=O)NC(C)=C1C(=O)OCCOC. The predicted octanol–water partition coefficient (Wildman–Crippen LogP) is 1.91. The number of carbonyl (C=O) groups is 2. The molecule has 1 aliphatic rings. The highest BCUT2D eigenvalue weighted by Crippen LogP contribution is 2.39. The number of ether oxygens (including phenoxy) is 4. The normalized spacial score (nSPS) is 16.6. The van der Waals surface area contributed by atoms with Crippen molar-refractivity contribution in [2.45, 2.75) is 19.9 Å². The van der Waals surface area contributed by atoms with E-state index in [9.17, 15) is 9.59 Å². The fraction of sp³-hybridized carbons (Fsp3) is 0.444. The topological polar surface area (TPSA) is 95.1 Å². The summed E-state index contributed by atoms with van der Waals surface area (Å²) in [5, 5.41) is 5.36. The Labute approximate surface area is 152 Å². The number of benzene rings is 1. The van der Waals surface area contributed by atoms with Crippen LogP contribution >= 0.6 is 0 Å². The van der Waals surface area contributed by atoms with Gasteiger partial charge in [0.2, 0.25) is 0 Å². The molecule has 0 saturated carbocycles. The van der Waals surface area contributed by atoms with Crippen LogP contribution in [-0.4, -0.2) is 46.0 Å². The molecule has 0 fully saturated rings. The van der Waals surface area contributed by atoms with Gasteiger partial charge >= 0.3 is 12.0 Å². The first-order valence-electron chi connectivity index (χ1n) is 8.27. The number of rotatable bonds is 8. The molecule has 26 heavy (non-hydrogen) atoms. The van der Waals surface area contributed by atoms with Gasteiger partial charge in [0.05, 0.1) is 31.9 Å². The van der Waals surface area contributed by atoms with Crippen molar-refractivity contribution < 1.29 is 28.5 Å². The van der Waals surface area contributed by atoms with Gasteiger partial charge in [-0.05, 0) is 19.9 Å². The van der Waals surface area contributed by atoms with Crippen LogP contribution in [0.2, 0.25) is 0 Å². The van der Waals surface area contributed by atoms with Crippen molar-refractivity contribution in [2.75, 3.05) is 34.0 Å². The number of methoxy groups -OCH3 is 2. The lowest BCUT2D eigenvalue weighted by atomic mass is 9.94. The number of hydrogen-bond acceptors (Lipinski definition) is 6. The van der Waals surface area contributed by atoms with E-state index < -0.39 is 18.0 Å². The quantitative estimate of drug-likeness (QED) is 0.540. The minimum Gasteiger partial charge on any atom is -0.493 e. The highest BCUT2D eigenvalue weighted by Gasteiger charge is 2.34. The second-order valence-electron chi connectivity index (χ2n) is 5.51. The summed E-state index contributed by atoms with van der Waals surface area (Å²) in [6.45, 7) is 4.30. The number of urea groups is 1. The van der Waals surface area contributed by atoms with Crippen molar-refractivity contribution in [3.05, 3.63) is 35.0 Å². The number of hydrogen-bond donors (Lipinski definition) is 2. The second-order valence-corrected chi connectivity index (χ2v) is 5.51. The number of esters is 1. The summed E-state index contributed by atoms with van der Waals surface area (Å²) in [5.74, 6) is 0.448. The summed E-state index contributed by atoms with van der Waals surface area (Å²) in [7, 11) is 3.05. The van der Waals surface area contributed by atoms with Crippen LogP contribution in [0.25, 0.3) is 0 Å². The van der Waals surface area contributed by atoms with Crippen LogP contribution in [0.1, 0.15) is 25.5 Å². The third-order valence-electron chi connectivity index (χ3n) is 3.84. The summed E-state index contributed by atoms with van der Waals surface area (Å²) >= 11 is 0. The maximum atomic E-state index is 12.6. The Bertz CT molecular complexity index is 701. The molecular formula is C18H24N2O6. The van der Waals surface area contributed by atoms with E-state index in [4.69, 9.17) is 18.9 Å². The number of para-hydroxylation sites is 1. The van der Waals surface area contributed by atoms with Crippen LogP contribution < -0.4 is 20.1 Å². The van der Waals surface area contributed by atoms with E-state index in [1.807, 2.05) is 6.92 Å². The minimum atomic E-state index is -0.726. The Hall–Kier alpha value is -2.74. The van der Waals surface area contributed by atoms with Crippen molar-refractivity contribution in [3.8, 4) is 11.5 Å². The Morgan fingerprint density at radius 2 is 2.00 bits per heavy atom. The van der Waals surface area contributed by atoms with Crippen LogP contribution in [0, 0.1) is 0 Å². The molecule has 0 spiro atoms. The molecule has 0 radical (unpaired) electrons. The molecule has 1 heterocycles. The molecule has 2 rings (SSSR count). The number of allylic oxidation sites excluding steroid dienone is 1. The molecule has 1 atom stereocenters. The molecule has 0 saturated heterocycles. The van der Waals surface area contributed by atoms with Crippen molar-refractivity contribution in [2.24, 2.45) is 0 Å². The summed E-state index contributed by atoms with van der Waals surface area (Å²) in [6, 6.07) is 4.17. The first kappa shape index (κ1) is 19.6. The van der Waals surface area contributed by atoms with Crippen LogP contribution in [0.5, 0.6) is 11.5 Å². The fourth-order valence-electron chi connectivity index (χ4n) is 2.71. The zero-order chi connectivity index (χ0) is 19.1. The second kappa shape index (κ2) is 9.10. The average Bonchev–Trinajstić information content (AvgIpc) is 2.61. The Balaban J connectivity index is 2.46. The van der Waals surface area contributed by atoms with E-state index in [1.54, 1.807) is 25.1 Å². The van der Waals surface area contributed by atoms with Crippen molar-refractivity contribution in [1.29, 1.82) is 0 Å². The van der Waals surface area contributed by atoms with Gasteiger partial charge in [-0.25, -0.2) is 9.59 Å². The first-order chi connectivity index (χ1) is 12.5. The van der Waals surface area contributed by atoms with Gasteiger partial charge in [-0.1, -0.05) is 12.1 Å². The molecule has 1 aromatic carbocycles. The van der Waals surface area contributed by atoms with Gasteiger partial charge in [-0.2, -0.15) is 0 Å². The summed E-state index contributed by atoms with van der Waals surface area (Å²) in [4.78, 5) is 24.6. The molecule has 1 aromatic rings. The molecule has 0 aromatic heterocycles. The van der Waals surface area contributed by atoms with Gasteiger partial charge in [0, 0.05) is 18.4 Å².